The molecule has 1 aliphatic rings. The van der Waals surface area contributed by atoms with Crippen LogP contribution in [0.25, 0.3) is 10.8 Å². The second-order valence-electron chi connectivity index (χ2n) is 6.19. The van der Waals surface area contributed by atoms with Crippen LogP contribution in [0.5, 0.6) is 0 Å². The maximum Gasteiger partial charge on any atom is 0.227 e. The summed E-state index contributed by atoms with van der Waals surface area (Å²) in [7, 11) is 0. The number of carbonyl (C=O) groups excluding carboxylic acids is 1. The zero-order chi connectivity index (χ0) is 15.6. The SMILES string of the molecule is O=C(Cc1ccc2ccccc2c1)N(Cc1ccco1)C1CC1. The molecule has 1 aromatic heterocycles. The van der Waals surface area contributed by atoms with Crippen molar-refractivity contribution in [2.24, 2.45) is 0 Å². The van der Waals surface area contributed by atoms with E-state index in [1.807, 2.05) is 29.2 Å². The molecule has 2 aromatic carbocycles. The summed E-state index contributed by atoms with van der Waals surface area (Å²) in [5.74, 6) is 1.03. The van der Waals surface area contributed by atoms with E-state index in [0.29, 0.717) is 19.0 Å². The summed E-state index contributed by atoms with van der Waals surface area (Å²) < 4.78 is 5.41. The average molecular weight is 305 g/mol. The van der Waals surface area contributed by atoms with Gasteiger partial charge in [0.15, 0.2) is 0 Å². The van der Waals surface area contributed by atoms with Gasteiger partial charge in [0, 0.05) is 6.04 Å². The molecule has 1 saturated carbocycles. The van der Waals surface area contributed by atoms with E-state index in [0.717, 1.165) is 24.2 Å². The van der Waals surface area contributed by atoms with E-state index in [9.17, 15) is 4.79 Å². The molecule has 3 nitrogen and oxygen atoms in total. The molecule has 1 amide bonds. The number of fused-ring (bicyclic) bond motifs is 1. The van der Waals surface area contributed by atoms with Gasteiger partial charge in [-0.05, 0) is 41.3 Å². The Morgan fingerprint density at radius 1 is 1.04 bits per heavy atom. The van der Waals surface area contributed by atoms with Crippen LogP contribution in [0.15, 0.2) is 65.3 Å². The lowest BCUT2D eigenvalue weighted by atomic mass is 10.0. The van der Waals surface area contributed by atoms with E-state index in [-0.39, 0.29) is 5.91 Å². The largest absolute Gasteiger partial charge is 0.467 e. The average Bonchev–Trinajstić information content (AvgIpc) is 3.28. The highest BCUT2D eigenvalue weighted by atomic mass is 16.3. The Kier molecular flexibility index (Phi) is 3.62. The van der Waals surface area contributed by atoms with Crippen LogP contribution in [0, 0.1) is 0 Å². The first-order valence-corrected chi connectivity index (χ1v) is 8.09. The smallest absolute Gasteiger partial charge is 0.227 e. The van der Waals surface area contributed by atoms with Crippen molar-refractivity contribution in [3.05, 3.63) is 72.2 Å². The van der Waals surface area contributed by atoms with Gasteiger partial charge in [0.25, 0.3) is 0 Å². The zero-order valence-electron chi connectivity index (χ0n) is 12.9. The summed E-state index contributed by atoms with van der Waals surface area (Å²) in [5.41, 5.74) is 1.07. The van der Waals surface area contributed by atoms with Gasteiger partial charge in [-0.25, -0.2) is 0 Å². The molecule has 0 aliphatic heterocycles. The lowest BCUT2D eigenvalue weighted by molar-refractivity contribution is -0.131. The van der Waals surface area contributed by atoms with Crippen LogP contribution in [0.2, 0.25) is 0 Å². The Morgan fingerprint density at radius 2 is 1.87 bits per heavy atom. The van der Waals surface area contributed by atoms with E-state index < -0.39 is 0 Å². The van der Waals surface area contributed by atoms with Gasteiger partial charge < -0.3 is 9.32 Å². The number of amides is 1. The molecule has 0 N–H and O–H groups in total. The first kappa shape index (κ1) is 14.1. The minimum Gasteiger partial charge on any atom is -0.467 e. The van der Waals surface area contributed by atoms with E-state index in [4.69, 9.17) is 4.42 Å². The molecule has 1 fully saturated rings. The maximum absolute atomic E-state index is 12.7. The molecule has 0 radical (unpaired) electrons. The number of nitrogens with zero attached hydrogens (tertiary/aromatic N) is 1. The Hall–Kier alpha value is -2.55. The molecule has 0 spiro atoms. The van der Waals surface area contributed by atoms with Crippen LogP contribution in [0.3, 0.4) is 0 Å². The van der Waals surface area contributed by atoms with Gasteiger partial charge in [-0.1, -0.05) is 42.5 Å². The highest BCUT2D eigenvalue weighted by Gasteiger charge is 2.32. The van der Waals surface area contributed by atoms with E-state index in [1.54, 1.807) is 6.26 Å². The fraction of sp³-hybridized carbons (Fsp3) is 0.250. The van der Waals surface area contributed by atoms with Crippen molar-refractivity contribution in [3.8, 4) is 0 Å². The highest BCUT2D eigenvalue weighted by Crippen LogP contribution is 2.29. The number of carbonyl (C=O) groups is 1. The molecule has 3 aromatic rings. The van der Waals surface area contributed by atoms with Gasteiger partial charge in [-0.2, -0.15) is 0 Å². The fourth-order valence-electron chi connectivity index (χ4n) is 3.00. The van der Waals surface area contributed by atoms with Crippen LogP contribution < -0.4 is 0 Å². The van der Waals surface area contributed by atoms with Gasteiger partial charge in [0.2, 0.25) is 5.91 Å². The third-order valence-corrected chi connectivity index (χ3v) is 4.38. The highest BCUT2D eigenvalue weighted by molar-refractivity contribution is 5.85. The number of hydrogen-bond acceptors (Lipinski definition) is 2. The quantitative estimate of drug-likeness (QED) is 0.709. The molecule has 0 unspecified atom stereocenters. The number of furan rings is 1. The van der Waals surface area contributed by atoms with Gasteiger partial charge in [-0.3, -0.25) is 4.79 Å². The summed E-state index contributed by atoms with van der Waals surface area (Å²) in [6.45, 7) is 0.573. The summed E-state index contributed by atoms with van der Waals surface area (Å²) >= 11 is 0. The minimum atomic E-state index is 0.180. The lowest BCUT2D eigenvalue weighted by Crippen LogP contribution is -2.33. The van der Waals surface area contributed by atoms with Crippen molar-refractivity contribution < 1.29 is 9.21 Å². The van der Waals surface area contributed by atoms with Crippen molar-refractivity contribution >= 4 is 16.7 Å². The summed E-state index contributed by atoms with van der Waals surface area (Å²) in [5, 5.41) is 2.39. The zero-order valence-corrected chi connectivity index (χ0v) is 12.9. The Bertz CT molecular complexity index is 819. The van der Waals surface area contributed by atoms with Gasteiger partial charge >= 0.3 is 0 Å². The van der Waals surface area contributed by atoms with Crippen LogP contribution >= 0.6 is 0 Å². The van der Waals surface area contributed by atoms with E-state index >= 15 is 0 Å². The molecular weight excluding hydrogens is 286 g/mol. The third kappa shape index (κ3) is 3.14. The van der Waals surface area contributed by atoms with Crippen molar-refractivity contribution in [3.63, 3.8) is 0 Å². The monoisotopic (exact) mass is 305 g/mol. The molecular formula is C20H19NO2. The molecule has 3 heteroatoms. The predicted molar refractivity (Wildman–Crippen MR) is 89.9 cm³/mol. The standard InChI is InChI=1S/C20H19NO2/c22-20(21(18-9-10-18)14-19-6-3-11-23-19)13-15-7-8-16-4-1-2-5-17(16)12-15/h1-8,11-12,18H,9-10,13-14H2. The summed E-state index contributed by atoms with van der Waals surface area (Å²) in [6.07, 6.45) is 4.31. The number of hydrogen-bond donors (Lipinski definition) is 0. The molecule has 4 rings (SSSR count). The maximum atomic E-state index is 12.7. The fourth-order valence-corrected chi connectivity index (χ4v) is 3.00. The van der Waals surface area contributed by atoms with Gasteiger partial charge in [0.1, 0.15) is 5.76 Å². The minimum absolute atomic E-state index is 0.180. The van der Waals surface area contributed by atoms with Crippen molar-refractivity contribution in [2.45, 2.75) is 31.8 Å². The van der Waals surface area contributed by atoms with Crippen molar-refractivity contribution in [1.82, 2.24) is 4.90 Å². The summed E-state index contributed by atoms with van der Waals surface area (Å²) in [4.78, 5) is 14.7. The molecule has 1 aliphatic carbocycles. The van der Waals surface area contributed by atoms with Gasteiger partial charge in [0.05, 0.1) is 19.2 Å². The van der Waals surface area contributed by atoms with E-state index in [1.165, 1.54) is 10.8 Å². The van der Waals surface area contributed by atoms with Crippen LogP contribution in [0.1, 0.15) is 24.2 Å². The Labute approximate surface area is 135 Å². The van der Waals surface area contributed by atoms with E-state index in [2.05, 4.69) is 30.3 Å². The predicted octanol–water partition coefficient (Wildman–Crippen LogP) is 4.17. The normalized spacial score (nSPS) is 14.1. The first-order chi connectivity index (χ1) is 11.3. The van der Waals surface area contributed by atoms with Crippen molar-refractivity contribution in [2.75, 3.05) is 0 Å². The second kappa shape index (κ2) is 5.92. The van der Waals surface area contributed by atoms with Crippen LogP contribution in [-0.2, 0) is 17.8 Å². The number of rotatable bonds is 5. The molecule has 116 valence electrons. The van der Waals surface area contributed by atoms with Crippen LogP contribution in [-0.4, -0.2) is 16.8 Å². The number of benzene rings is 2. The Balaban J connectivity index is 1.52. The second-order valence-corrected chi connectivity index (χ2v) is 6.19. The van der Waals surface area contributed by atoms with Gasteiger partial charge in [-0.15, -0.1) is 0 Å². The molecule has 23 heavy (non-hydrogen) atoms. The molecule has 1 heterocycles. The van der Waals surface area contributed by atoms with Crippen molar-refractivity contribution in [1.29, 1.82) is 0 Å². The summed E-state index contributed by atoms with van der Waals surface area (Å²) in [6, 6.07) is 18.7. The van der Waals surface area contributed by atoms with Crippen LogP contribution in [0.4, 0.5) is 0 Å². The Morgan fingerprint density at radius 3 is 2.61 bits per heavy atom. The topological polar surface area (TPSA) is 33.5 Å². The lowest BCUT2D eigenvalue weighted by Gasteiger charge is -2.21. The molecule has 0 bridgehead atoms. The first-order valence-electron chi connectivity index (χ1n) is 8.09. The third-order valence-electron chi connectivity index (χ3n) is 4.38. The molecule has 0 atom stereocenters. The molecule has 0 saturated heterocycles.